The van der Waals surface area contributed by atoms with Gasteiger partial charge in [-0.15, -0.1) is 0 Å². The van der Waals surface area contributed by atoms with E-state index in [1.165, 1.54) is 12.2 Å². The van der Waals surface area contributed by atoms with Crippen LogP contribution in [0.3, 0.4) is 0 Å². The van der Waals surface area contributed by atoms with Crippen LogP contribution in [0.15, 0.2) is 12.2 Å². The molecule has 0 N–H and O–H groups in total. The molecule has 52 valence electrons. The largest absolute Gasteiger partial charge is 0.243 e. The van der Waals surface area contributed by atoms with E-state index >= 15 is 0 Å². The average Bonchev–Trinajstić information content (AvgIpc) is 1.97. The standard InChI is InChI=1S/C7H10F2/c8-6-2-1-3-7(9)5-4-6/h4-7H,1-3H2. The smallest absolute Gasteiger partial charge is 0.118 e. The highest BCUT2D eigenvalue weighted by molar-refractivity contribution is 4.96. The monoisotopic (exact) mass is 132 g/mol. The summed E-state index contributed by atoms with van der Waals surface area (Å²) in [7, 11) is 0. The summed E-state index contributed by atoms with van der Waals surface area (Å²) in [6.07, 6.45) is 2.44. The molecular weight excluding hydrogens is 122 g/mol. The molecule has 0 spiro atoms. The lowest BCUT2D eigenvalue weighted by atomic mass is 10.2. The van der Waals surface area contributed by atoms with E-state index in [0.717, 1.165) is 0 Å². The quantitative estimate of drug-likeness (QED) is 0.444. The number of alkyl halides is 2. The summed E-state index contributed by atoms with van der Waals surface area (Å²) < 4.78 is 24.7. The van der Waals surface area contributed by atoms with Gasteiger partial charge in [-0.05, 0) is 19.3 Å². The summed E-state index contributed by atoms with van der Waals surface area (Å²) in [5.41, 5.74) is 0. The van der Waals surface area contributed by atoms with Crippen LogP contribution in [0.5, 0.6) is 0 Å². The van der Waals surface area contributed by atoms with Gasteiger partial charge in [0.1, 0.15) is 12.3 Å². The SMILES string of the molecule is FC1C=CC(F)CCC1. The molecule has 9 heavy (non-hydrogen) atoms. The summed E-state index contributed by atoms with van der Waals surface area (Å²) in [5.74, 6) is 0. The predicted octanol–water partition coefficient (Wildman–Crippen LogP) is 2.40. The van der Waals surface area contributed by atoms with Gasteiger partial charge in [-0.3, -0.25) is 0 Å². The highest BCUT2D eigenvalue weighted by Gasteiger charge is 2.10. The Bertz CT molecular complexity index is 97.5. The molecule has 0 aliphatic heterocycles. The van der Waals surface area contributed by atoms with Gasteiger partial charge in [-0.1, -0.05) is 12.2 Å². The molecule has 0 saturated heterocycles. The van der Waals surface area contributed by atoms with Crippen LogP contribution in [0.2, 0.25) is 0 Å². The molecule has 0 aromatic carbocycles. The van der Waals surface area contributed by atoms with E-state index < -0.39 is 12.3 Å². The number of hydrogen-bond acceptors (Lipinski definition) is 0. The van der Waals surface area contributed by atoms with Crippen molar-refractivity contribution in [1.29, 1.82) is 0 Å². The van der Waals surface area contributed by atoms with E-state index in [1.54, 1.807) is 0 Å². The first-order valence-electron chi connectivity index (χ1n) is 3.25. The molecule has 0 radical (unpaired) electrons. The van der Waals surface area contributed by atoms with E-state index in [0.29, 0.717) is 19.3 Å². The van der Waals surface area contributed by atoms with Gasteiger partial charge in [0.2, 0.25) is 0 Å². The van der Waals surface area contributed by atoms with E-state index in [-0.39, 0.29) is 0 Å². The number of rotatable bonds is 0. The average molecular weight is 132 g/mol. The second-order valence-electron chi connectivity index (χ2n) is 2.35. The molecule has 2 heteroatoms. The molecule has 0 amide bonds. The molecule has 1 aliphatic rings. The predicted molar refractivity (Wildman–Crippen MR) is 32.8 cm³/mol. The zero-order valence-corrected chi connectivity index (χ0v) is 5.19. The molecular formula is C7H10F2. The van der Waals surface area contributed by atoms with Crippen LogP contribution < -0.4 is 0 Å². The lowest BCUT2D eigenvalue weighted by Gasteiger charge is -1.96. The fraction of sp³-hybridized carbons (Fsp3) is 0.714. The minimum absolute atomic E-state index is 0.483. The van der Waals surface area contributed by atoms with Crippen molar-refractivity contribution in [2.75, 3.05) is 0 Å². The molecule has 0 aromatic rings. The van der Waals surface area contributed by atoms with Crippen molar-refractivity contribution >= 4 is 0 Å². The van der Waals surface area contributed by atoms with Crippen LogP contribution in [0.25, 0.3) is 0 Å². The Morgan fingerprint density at radius 3 is 1.89 bits per heavy atom. The third-order valence-electron chi connectivity index (χ3n) is 1.49. The van der Waals surface area contributed by atoms with Gasteiger partial charge in [0.25, 0.3) is 0 Å². The van der Waals surface area contributed by atoms with Gasteiger partial charge in [-0.25, -0.2) is 8.78 Å². The first kappa shape index (κ1) is 6.72. The van der Waals surface area contributed by atoms with E-state index in [9.17, 15) is 8.78 Å². The van der Waals surface area contributed by atoms with E-state index in [1.807, 2.05) is 0 Å². The topological polar surface area (TPSA) is 0 Å². The van der Waals surface area contributed by atoms with Crippen molar-refractivity contribution in [3.63, 3.8) is 0 Å². The van der Waals surface area contributed by atoms with Crippen LogP contribution in [0.4, 0.5) is 8.78 Å². The van der Waals surface area contributed by atoms with Crippen LogP contribution in [-0.4, -0.2) is 12.3 Å². The summed E-state index contributed by atoms with van der Waals surface area (Å²) in [4.78, 5) is 0. The summed E-state index contributed by atoms with van der Waals surface area (Å²) in [6, 6.07) is 0. The van der Waals surface area contributed by atoms with Crippen molar-refractivity contribution in [3.8, 4) is 0 Å². The second-order valence-corrected chi connectivity index (χ2v) is 2.35. The number of hydrogen-bond donors (Lipinski definition) is 0. The number of halogens is 2. The third-order valence-corrected chi connectivity index (χ3v) is 1.49. The van der Waals surface area contributed by atoms with Crippen LogP contribution >= 0.6 is 0 Å². The Morgan fingerprint density at radius 2 is 1.44 bits per heavy atom. The van der Waals surface area contributed by atoms with Gasteiger partial charge in [0.05, 0.1) is 0 Å². The maximum absolute atomic E-state index is 12.4. The molecule has 1 rings (SSSR count). The zero-order chi connectivity index (χ0) is 6.69. The fourth-order valence-electron chi connectivity index (χ4n) is 0.941. The normalized spacial score (nSPS) is 36.2. The Labute approximate surface area is 53.6 Å². The van der Waals surface area contributed by atoms with E-state index in [4.69, 9.17) is 0 Å². The third kappa shape index (κ3) is 2.12. The molecule has 2 unspecified atom stereocenters. The maximum Gasteiger partial charge on any atom is 0.118 e. The minimum atomic E-state index is -0.911. The van der Waals surface area contributed by atoms with Crippen molar-refractivity contribution < 1.29 is 8.78 Å². The molecule has 1 aliphatic carbocycles. The lowest BCUT2D eigenvalue weighted by Crippen LogP contribution is -1.91. The van der Waals surface area contributed by atoms with Crippen LogP contribution in [-0.2, 0) is 0 Å². The Hall–Kier alpha value is -0.400. The molecule has 0 aromatic heterocycles. The van der Waals surface area contributed by atoms with Crippen LogP contribution in [0.1, 0.15) is 19.3 Å². The highest BCUT2D eigenvalue weighted by atomic mass is 19.1. The van der Waals surface area contributed by atoms with Gasteiger partial charge in [0.15, 0.2) is 0 Å². The van der Waals surface area contributed by atoms with Gasteiger partial charge in [0, 0.05) is 0 Å². The summed E-state index contributed by atoms with van der Waals surface area (Å²) in [5, 5.41) is 0. The molecule has 0 heterocycles. The van der Waals surface area contributed by atoms with Crippen LogP contribution in [0, 0.1) is 0 Å². The van der Waals surface area contributed by atoms with E-state index in [2.05, 4.69) is 0 Å². The second kappa shape index (κ2) is 2.95. The lowest BCUT2D eigenvalue weighted by molar-refractivity contribution is 0.348. The molecule has 0 nitrogen and oxygen atoms in total. The summed E-state index contributed by atoms with van der Waals surface area (Å²) >= 11 is 0. The first-order valence-corrected chi connectivity index (χ1v) is 3.25. The molecule has 0 fully saturated rings. The fourth-order valence-corrected chi connectivity index (χ4v) is 0.941. The van der Waals surface area contributed by atoms with Crippen molar-refractivity contribution in [3.05, 3.63) is 12.2 Å². The Kier molecular flexibility index (Phi) is 2.20. The van der Waals surface area contributed by atoms with Gasteiger partial charge >= 0.3 is 0 Å². The van der Waals surface area contributed by atoms with Crippen molar-refractivity contribution in [2.24, 2.45) is 0 Å². The Morgan fingerprint density at radius 1 is 1.00 bits per heavy atom. The van der Waals surface area contributed by atoms with Gasteiger partial charge in [-0.2, -0.15) is 0 Å². The van der Waals surface area contributed by atoms with Crippen molar-refractivity contribution in [2.45, 2.75) is 31.6 Å². The van der Waals surface area contributed by atoms with Crippen molar-refractivity contribution in [1.82, 2.24) is 0 Å². The maximum atomic E-state index is 12.4. The molecule has 2 atom stereocenters. The number of allylic oxidation sites excluding steroid dienone is 2. The molecule has 0 saturated carbocycles. The summed E-state index contributed by atoms with van der Waals surface area (Å²) in [6.45, 7) is 0. The Balaban J connectivity index is 2.43. The zero-order valence-electron chi connectivity index (χ0n) is 5.19. The minimum Gasteiger partial charge on any atom is -0.243 e. The first-order chi connectivity index (χ1) is 4.29. The van der Waals surface area contributed by atoms with Gasteiger partial charge < -0.3 is 0 Å². The molecule has 0 bridgehead atoms. The highest BCUT2D eigenvalue weighted by Crippen LogP contribution is 2.15.